The second-order valence-corrected chi connectivity index (χ2v) is 8.00. The van der Waals surface area contributed by atoms with Crippen LogP contribution in [0.4, 0.5) is 0 Å². The smallest absolute Gasteiger partial charge is 0.335 e. The molecule has 6 heteroatoms. The Morgan fingerprint density at radius 1 is 0.794 bits per heavy atom. The molecule has 0 saturated heterocycles. The van der Waals surface area contributed by atoms with E-state index in [9.17, 15) is 19.9 Å². The van der Waals surface area contributed by atoms with E-state index >= 15 is 0 Å². The molecule has 0 atom stereocenters. The molecule has 0 spiro atoms. The van der Waals surface area contributed by atoms with Crippen LogP contribution in [0.3, 0.4) is 0 Å². The standard InChI is InChI=1S/C28H25NO5/c30-27(29(33)15-14-20-8-3-1-4-9-20)18-22-16-23(28(31)32)17-25-24(22)12-7-13-26(25)34-19-21-10-5-2-6-11-21/h1-13,16-17,33H,14-15,18-19H2,(H,31,32). The van der Waals surface area contributed by atoms with Gasteiger partial charge in [0, 0.05) is 5.39 Å². The first kappa shape index (κ1) is 23.0. The summed E-state index contributed by atoms with van der Waals surface area (Å²) >= 11 is 0. The molecule has 0 aromatic heterocycles. The summed E-state index contributed by atoms with van der Waals surface area (Å²) in [5, 5.41) is 21.9. The lowest BCUT2D eigenvalue weighted by molar-refractivity contribution is -0.164. The first-order valence-corrected chi connectivity index (χ1v) is 11.0. The fourth-order valence-corrected chi connectivity index (χ4v) is 3.83. The molecule has 0 heterocycles. The number of carboxylic acids is 1. The minimum Gasteiger partial charge on any atom is -0.488 e. The largest absolute Gasteiger partial charge is 0.488 e. The SMILES string of the molecule is O=C(O)c1cc(CC(=O)N(O)CCc2ccccc2)c2cccc(OCc3ccccc3)c2c1. The maximum atomic E-state index is 12.8. The van der Waals surface area contributed by atoms with E-state index in [1.54, 1.807) is 12.1 Å². The third-order valence-corrected chi connectivity index (χ3v) is 5.61. The number of hydrogen-bond donors (Lipinski definition) is 2. The second-order valence-electron chi connectivity index (χ2n) is 8.00. The summed E-state index contributed by atoms with van der Waals surface area (Å²) in [5.41, 5.74) is 2.56. The van der Waals surface area contributed by atoms with Gasteiger partial charge in [-0.2, -0.15) is 0 Å². The molecule has 4 aromatic carbocycles. The molecule has 0 radical (unpaired) electrons. The molecule has 6 nitrogen and oxygen atoms in total. The summed E-state index contributed by atoms with van der Waals surface area (Å²) in [6.07, 6.45) is 0.377. The Morgan fingerprint density at radius 2 is 1.47 bits per heavy atom. The van der Waals surface area contributed by atoms with Crippen molar-refractivity contribution in [2.45, 2.75) is 19.4 Å². The molecule has 0 aliphatic rings. The molecule has 4 aromatic rings. The number of carbonyl (C=O) groups excluding carboxylic acids is 1. The lowest BCUT2D eigenvalue weighted by Gasteiger charge is -2.17. The van der Waals surface area contributed by atoms with Crippen LogP contribution in [0.15, 0.2) is 91.0 Å². The summed E-state index contributed by atoms with van der Waals surface area (Å²) in [4.78, 5) is 24.5. The van der Waals surface area contributed by atoms with Crippen molar-refractivity contribution in [1.82, 2.24) is 5.06 Å². The number of aromatic carboxylic acids is 1. The van der Waals surface area contributed by atoms with E-state index in [4.69, 9.17) is 4.74 Å². The van der Waals surface area contributed by atoms with Gasteiger partial charge in [-0.25, -0.2) is 9.86 Å². The topological polar surface area (TPSA) is 87.1 Å². The molecule has 34 heavy (non-hydrogen) atoms. The van der Waals surface area contributed by atoms with Crippen LogP contribution in [-0.2, 0) is 24.2 Å². The van der Waals surface area contributed by atoms with Crippen molar-refractivity contribution in [2.75, 3.05) is 6.54 Å². The highest BCUT2D eigenvalue weighted by atomic mass is 16.5. The van der Waals surface area contributed by atoms with Crippen LogP contribution in [0.5, 0.6) is 5.75 Å². The summed E-state index contributed by atoms with van der Waals surface area (Å²) in [7, 11) is 0. The summed E-state index contributed by atoms with van der Waals surface area (Å²) in [5.74, 6) is -1.07. The van der Waals surface area contributed by atoms with E-state index in [1.807, 2.05) is 72.8 Å². The fraction of sp³-hybridized carbons (Fsp3) is 0.143. The van der Waals surface area contributed by atoms with Gasteiger partial charge in [0.25, 0.3) is 0 Å². The van der Waals surface area contributed by atoms with Crippen LogP contribution in [0, 0.1) is 0 Å². The zero-order chi connectivity index (χ0) is 23.9. The second kappa shape index (κ2) is 10.6. The summed E-state index contributed by atoms with van der Waals surface area (Å²) < 4.78 is 6.00. The van der Waals surface area contributed by atoms with Crippen molar-refractivity contribution < 1.29 is 24.6 Å². The predicted octanol–water partition coefficient (Wildman–Crippen LogP) is 5.12. The molecule has 0 aliphatic heterocycles. The van der Waals surface area contributed by atoms with Gasteiger partial charge in [0.15, 0.2) is 0 Å². The maximum Gasteiger partial charge on any atom is 0.335 e. The molecular formula is C28H25NO5. The molecule has 4 rings (SSSR count). The Labute approximate surface area is 197 Å². The molecule has 0 aliphatic carbocycles. The molecule has 0 bridgehead atoms. The molecule has 172 valence electrons. The number of nitrogens with zero attached hydrogens (tertiary/aromatic N) is 1. The number of hydroxylamine groups is 2. The maximum absolute atomic E-state index is 12.8. The third-order valence-electron chi connectivity index (χ3n) is 5.61. The number of carboxylic acid groups (broad SMARTS) is 1. The van der Waals surface area contributed by atoms with Crippen LogP contribution >= 0.6 is 0 Å². The number of amides is 1. The zero-order valence-corrected chi connectivity index (χ0v) is 18.6. The minimum atomic E-state index is -1.10. The normalized spacial score (nSPS) is 10.7. The van der Waals surface area contributed by atoms with Crippen LogP contribution in [0.2, 0.25) is 0 Å². The Bertz CT molecular complexity index is 1290. The van der Waals surface area contributed by atoms with Crippen LogP contribution in [0.25, 0.3) is 10.8 Å². The molecular weight excluding hydrogens is 430 g/mol. The van der Waals surface area contributed by atoms with Gasteiger partial charge in [0.2, 0.25) is 5.91 Å². The van der Waals surface area contributed by atoms with Crippen LogP contribution in [0.1, 0.15) is 27.0 Å². The predicted molar refractivity (Wildman–Crippen MR) is 129 cm³/mol. The minimum absolute atomic E-state index is 0.0554. The average Bonchev–Trinajstić information content (AvgIpc) is 2.87. The van der Waals surface area contributed by atoms with Gasteiger partial charge < -0.3 is 9.84 Å². The molecule has 2 N–H and O–H groups in total. The van der Waals surface area contributed by atoms with Gasteiger partial charge in [-0.05, 0) is 46.7 Å². The van der Waals surface area contributed by atoms with Gasteiger partial charge in [-0.15, -0.1) is 0 Å². The van der Waals surface area contributed by atoms with Crippen molar-refractivity contribution in [3.63, 3.8) is 0 Å². The van der Waals surface area contributed by atoms with E-state index in [2.05, 4.69) is 0 Å². The van der Waals surface area contributed by atoms with E-state index in [0.29, 0.717) is 40.2 Å². The van der Waals surface area contributed by atoms with Crippen molar-refractivity contribution in [1.29, 1.82) is 0 Å². The van der Waals surface area contributed by atoms with E-state index < -0.39 is 11.9 Å². The first-order valence-electron chi connectivity index (χ1n) is 11.0. The van der Waals surface area contributed by atoms with E-state index in [-0.39, 0.29) is 18.5 Å². The van der Waals surface area contributed by atoms with E-state index in [0.717, 1.165) is 11.1 Å². The van der Waals surface area contributed by atoms with Crippen molar-refractivity contribution >= 4 is 22.6 Å². The first-order chi connectivity index (χ1) is 16.5. The fourth-order valence-electron chi connectivity index (χ4n) is 3.83. The number of carbonyl (C=O) groups is 2. The number of benzene rings is 4. The Hall–Kier alpha value is -4.16. The highest BCUT2D eigenvalue weighted by Gasteiger charge is 2.18. The molecule has 1 amide bonds. The van der Waals surface area contributed by atoms with Crippen molar-refractivity contribution in [2.24, 2.45) is 0 Å². The van der Waals surface area contributed by atoms with Gasteiger partial charge >= 0.3 is 5.97 Å². The molecule has 0 unspecified atom stereocenters. The Kier molecular flexibility index (Phi) is 7.20. The van der Waals surface area contributed by atoms with Crippen molar-refractivity contribution in [3.05, 3.63) is 113 Å². The van der Waals surface area contributed by atoms with Gasteiger partial charge in [-0.1, -0.05) is 72.8 Å². The number of rotatable bonds is 9. The Balaban J connectivity index is 1.57. The average molecular weight is 456 g/mol. The molecule has 0 fully saturated rings. The molecule has 0 saturated carbocycles. The highest BCUT2D eigenvalue weighted by Crippen LogP contribution is 2.31. The van der Waals surface area contributed by atoms with Crippen molar-refractivity contribution in [3.8, 4) is 5.75 Å². The lowest BCUT2D eigenvalue weighted by atomic mass is 9.97. The summed E-state index contributed by atoms with van der Waals surface area (Å²) in [6, 6.07) is 27.7. The monoisotopic (exact) mass is 455 g/mol. The number of ether oxygens (including phenoxy) is 1. The van der Waals surface area contributed by atoms with Crippen LogP contribution < -0.4 is 4.74 Å². The highest BCUT2D eigenvalue weighted by molar-refractivity contribution is 6.00. The van der Waals surface area contributed by atoms with Crippen LogP contribution in [-0.4, -0.2) is 33.8 Å². The quantitative estimate of drug-likeness (QED) is 0.270. The van der Waals surface area contributed by atoms with E-state index in [1.165, 1.54) is 6.07 Å². The van der Waals surface area contributed by atoms with Gasteiger partial charge in [0.1, 0.15) is 12.4 Å². The van der Waals surface area contributed by atoms with Gasteiger partial charge in [0.05, 0.1) is 18.5 Å². The number of fused-ring (bicyclic) bond motifs is 1. The number of hydrogen-bond acceptors (Lipinski definition) is 4. The summed E-state index contributed by atoms with van der Waals surface area (Å²) in [6.45, 7) is 0.472. The third kappa shape index (κ3) is 5.60. The zero-order valence-electron chi connectivity index (χ0n) is 18.6. The lowest BCUT2D eigenvalue weighted by Crippen LogP contribution is -2.31. The Morgan fingerprint density at radius 3 is 2.15 bits per heavy atom. The van der Waals surface area contributed by atoms with Gasteiger partial charge in [-0.3, -0.25) is 10.0 Å².